The second kappa shape index (κ2) is 11.8. The number of pyridine rings is 1. The lowest BCUT2D eigenvalue weighted by Gasteiger charge is -2.14. The molecule has 2 aromatic rings. The number of anilines is 1. The summed E-state index contributed by atoms with van der Waals surface area (Å²) < 4.78 is 41.7. The van der Waals surface area contributed by atoms with Crippen LogP contribution in [0.2, 0.25) is 0 Å². The van der Waals surface area contributed by atoms with Gasteiger partial charge in [-0.25, -0.2) is 12.8 Å². The van der Waals surface area contributed by atoms with Gasteiger partial charge in [-0.3, -0.25) is 19.3 Å². The number of nitrogens with one attached hydrogen (secondary N) is 2. The lowest BCUT2D eigenvalue weighted by Crippen LogP contribution is -2.40. The highest BCUT2D eigenvalue weighted by molar-refractivity contribution is 7.91. The normalized spacial score (nSPS) is 11.9. The quantitative estimate of drug-likeness (QED) is 0.139. The number of aromatic nitrogens is 1. The van der Waals surface area contributed by atoms with Crippen LogP contribution in [-0.2, 0) is 31.9 Å². The predicted molar refractivity (Wildman–Crippen MR) is 121 cm³/mol. The molecule has 0 aliphatic heterocycles. The van der Waals surface area contributed by atoms with Crippen LogP contribution in [0.4, 0.5) is 10.1 Å². The van der Waals surface area contributed by atoms with E-state index in [2.05, 4.69) is 15.0 Å². The van der Waals surface area contributed by atoms with Gasteiger partial charge in [-0.05, 0) is 31.0 Å². The summed E-state index contributed by atoms with van der Waals surface area (Å²) in [6.07, 6.45) is 2.59. The number of hydrogen-bond donors (Lipinski definition) is 4. The molecule has 1 aromatic carbocycles. The van der Waals surface area contributed by atoms with Gasteiger partial charge in [-0.1, -0.05) is 18.2 Å². The van der Waals surface area contributed by atoms with Gasteiger partial charge in [-0.2, -0.15) is 0 Å². The number of benzene rings is 1. The number of rotatable bonds is 12. The maximum absolute atomic E-state index is 13.8. The molecule has 1 amide bonds. The zero-order valence-electron chi connectivity index (χ0n) is 17.6. The summed E-state index contributed by atoms with van der Waals surface area (Å²) in [7, 11) is -4.10. The molecule has 33 heavy (non-hydrogen) atoms. The van der Waals surface area contributed by atoms with E-state index >= 15 is 0 Å². The van der Waals surface area contributed by atoms with Gasteiger partial charge in [0.05, 0.1) is 11.8 Å². The predicted octanol–water partition coefficient (Wildman–Crippen LogP) is -0.333. The third-order valence-electron chi connectivity index (χ3n) is 4.38. The van der Waals surface area contributed by atoms with Crippen molar-refractivity contribution in [1.82, 2.24) is 9.88 Å². The molecule has 6 N–H and O–H groups in total. The summed E-state index contributed by atoms with van der Waals surface area (Å²) >= 11 is 0. The van der Waals surface area contributed by atoms with Crippen LogP contribution in [0, 0.1) is 5.82 Å². The van der Waals surface area contributed by atoms with Crippen LogP contribution in [0.25, 0.3) is 0 Å². The van der Waals surface area contributed by atoms with Gasteiger partial charge in [0, 0.05) is 18.3 Å². The highest BCUT2D eigenvalue weighted by Gasteiger charge is 2.18. The smallest absolute Gasteiger partial charge is 0.275 e. The summed E-state index contributed by atoms with van der Waals surface area (Å²) in [6.45, 7) is -0.156. The molecule has 1 unspecified atom stereocenters. The molecular formula is C20H25FN6O5S. The first kappa shape index (κ1) is 25.5. The van der Waals surface area contributed by atoms with E-state index in [0.29, 0.717) is 12.7 Å². The summed E-state index contributed by atoms with van der Waals surface area (Å²) in [4.78, 5) is 39.9. The Hall–Kier alpha value is -3.74. The van der Waals surface area contributed by atoms with Gasteiger partial charge in [0.2, 0.25) is 15.9 Å². The average Bonchev–Trinajstić information content (AvgIpc) is 2.74. The Balaban J connectivity index is 2.03. The Morgan fingerprint density at radius 1 is 1.21 bits per heavy atom. The number of guanidine groups is 1. The van der Waals surface area contributed by atoms with Crippen molar-refractivity contribution in [3.8, 4) is 0 Å². The number of amides is 1. The van der Waals surface area contributed by atoms with Gasteiger partial charge in [0.1, 0.15) is 24.3 Å². The first-order chi connectivity index (χ1) is 15.6. The molecule has 11 nitrogen and oxygen atoms in total. The molecule has 1 aromatic heterocycles. The fourth-order valence-electron chi connectivity index (χ4n) is 2.86. The Labute approximate surface area is 189 Å². The number of carbonyl (C=O) groups is 2. The van der Waals surface area contributed by atoms with Gasteiger partial charge < -0.3 is 26.1 Å². The van der Waals surface area contributed by atoms with Crippen molar-refractivity contribution in [2.45, 2.75) is 31.2 Å². The minimum atomic E-state index is -4.10. The third kappa shape index (κ3) is 8.37. The molecule has 0 spiro atoms. The number of carbonyl (C=O) groups excluding carboxylic acids is 2. The lowest BCUT2D eigenvalue weighted by molar-refractivity contribution is -0.124. The van der Waals surface area contributed by atoms with Crippen LogP contribution in [0.1, 0.15) is 18.4 Å². The molecule has 0 aliphatic carbocycles. The molecule has 1 heterocycles. The van der Waals surface area contributed by atoms with Crippen LogP contribution in [0.15, 0.2) is 52.4 Å². The Bertz CT molecular complexity index is 1180. The fraction of sp³-hybridized carbons (Fsp3) is 0.300. The number of aliphatic imine (C=N–C) groups is 1. The number of halogens is 1. The minimum absolute atomic E-state index is 0.0552. The van der Waals surface area contributed by atoms with Crippen molar-refractivity contribution in [1.29, 1.82) is 0 Å². The first-order valence-electron chi connectivity index (χ1n) is 9.84. The summed E-state index contributed by atoms with van der Waals surface area (Å²) in [5, 5.41) is 2.48. The highest BCUT2D eigenvalue weighted by Crippen LogP contribution is 2.12. The zero-order chi connectivity index (χ0) is 24.4. The first-order valence-corrected chi connectivity index (χ1v) is 11.5. The number of nitrogens with zero attached hydrogens (tertiary/aromatic N) is 2. The molecule has 0 saturated carbocycles. The van der Waals surface area contributed by atoms with Crippen molar-refractivity contribution < 1.29 is 22.4 Å². The van der Waals surface area contributed by atoms with E-state index in [4.69, 9.17) is 11.5 Å². The van der Waals surface area contributed by atoms with Crippen molar-refractivity contribution in [3.63, 3.8) is 0 Å². The van der Waals surface area contributed by atoms with Crippen LogP contribution in [0.5, 0.6) is 0 Å². The molecule has 0 fully saturated rings. The topological polar surface area (TPSA) is 179 Å². The number of hydrogen-bond acceptors (Lipinski definition) is 6. The lowest BCUT2D eigenvalue weighted by atomic mass is 10.2. The van der Waals surface area contributed by atoms with E-state index in [1.807, 2.05) is 0 Å². The second-order valence-electron chi connectivity index (χ2n) is 7.07. The fourth-order valence-corrected chi connectivity index (χ4v) is 4.07. The highest BCUT2D eigenvalue weighted by atomic mass is 32.2. The molecular weight excluding hydrogens is 455 g/mol. The Morgan fingerprint density at radius 2 is 1.94 bits per heavy atom. The zero-order valence-corrected chi connectivity index (χ0v) is 18.4. The molecule has 0 saturated heterocycles. The molecule has 0 radical (unpaired) electrons. The van der Waals surface area contributed by atoms with Crippen molar-refractivity contribution in [2.75, 3.05) is 11.3 Å². The van der Waals surface area contributed by atoms with E-state index in [0.717, 1.165) is 10.6 Å². The Kier molecular flexibility index (Phi) is 9.09. The summed E-state index contributed by atoms with van der Waals surface area (Å²) in [5.41, 5.74) is 9.30. The third-order valence-corrected chi connectivity index (χ3v) is 5.60. The maximum atomic E-state index is 13.8. The van der Waals surface area contributed by atoms with E-state index in [-0.39, 0.29) is 30.2 Å². The minimum Gasteiger partial charge on any atom is -0.370 e. The Morgan fingerprint density at radius 3 is 2.61 bits per heavy atom. The molecule has 178 valence electrons. The summed E-state index contributed by atoms with van der Waals surface area (Å²) in [6, 6.07) is 7.18. The van der Waals surface area contributed by atoms with Crippen molar-refractivity contribution in [2.24, 2.45) is 16.5 Å². The largest absolute Gasteiger partial charge is 0.370 e. The summed E-state index contributed by atoms with van der Waals surface area (Å²) in [5.74, 6) is -2.06. The van der Waals surface area contributed by atoms with Gasteiger partial charge in [0.25, 0.3) is 5.56 Å². The maximum Gasteiger partial charge on any atom is 0.275 e. The monoisotopic (exact) mass is 480 g/mol. The van der Waals surface area contributed by atoms with E-state index in [1.165, 1.54) is 36.5 Å². The average molecular weight is 481 g/mol. The molecule has 13 heteroatoms. The standard InChI is InChI=1S/C20H25FN6O5S/c21-16-7-2-1-5-14(16)13-33(31,32)26-17-8-4-10-27(19(17)30)11-18(29)25-15(12-28)6-3-9-24-20(22)23/h1-2,4-5,7-8,10,12,15,26H,3,6,9,11,13H2,(H,25,29)(H4,22,23,24). The van der Waals surface area contributed by atoms with E-state index in [9.17, 15) is 27.2 Å². The molecule has 0 bridgehead atoms. The number of aldehydes is 1. The van der Waals surface area contributed by atoms with Crippen molar-refractivity contribution >= 4 is 33.9 Å². The van der Waals surface area contributed by atoms with Crippen LogP contribution in [-0.4, -0.2) is 43.7 Å². The van der Waals surface area contributed by atoms with Crippen LogP contribution < -0.4 is 27.1 Å². The van der Waals surface area contributed by atoms with Gasteiger partial charge in [0.15, 0.2) is 5.96 Å². The van der Waals surface area contributed by atoms with E-state index in [1.54, 1.807) is 0 Å². The van der Waals surface area contributed by atoms with E-state index < -0.39 is 45.6 Å². The molecule has 1 atom stereocenters. The molecule has 0 aliphatic rings. The second-order valence-corrected chi connectivity index (χ2v) is 8.79. The SMILES string of the molecule is NC(N)=NCCCC(C=O)NC(=O)Cn1cccc(NS(=O)(=O)Cc2ccccc2F)c1=O. The molecule has 2 rings (SSSR count). The van der Waals surface area contributed by atoms with Gasteiger partial charge >= 0.3 is 0 Å². The van der Waals surface area contributed by atoms with Gasteiger partial charge in [-0.15, -0.1) is 0 Å². The van der Waals surface area contributed by atoms with Crippen molar-refractivity contribution in [3.05, 3.63) is 64.3 Å². The van der Waals surface area contributed by atoms with Crippen LogP contribution >= 0.6 is 0 Å². The van der Waals surface area contributed by atoms with Crippen LogP contribution in [0.3, 0.4) is 0 Å². The number of nitrogens with two attached hydrogens (primary N) is 2. The number of sulfonamides is 1.